The number of carbonyl (C=O) groups is 1. The number of aliphatic hydroxyl groups excluding tert-OH is 1. The van der Waals surface area contributed by atoms with Crippen molar-refractivity contribution >= 4 is 28.7 Å². The Kier molecular flexibility index (Phi) is 7.39. The number of rotatable bonds is 7. The van der Waals surface area contributed by atoms with E-state index in [1.807, 2.05) is 5.32 Å². The van der Waals surface area contributed by atoms with Crippen molar-refractivity contribution in [2.75, 3.05) is 42.3 Å². The highest BCUT2D eigenvalue weighted by Crippen LogP contribution is 2.31. The Bertz CT molecular complexity index is 1060. The normalized spacial score (nSPS) is 17.9. The van der Waals surface area contributed by atoms with Crippen molar-refractivity contribution in [3.8, 4) is 0 Å². The second kappa shape index (κ2) is 10.0. The lowest BCUT2D eigenvalue weighted by Crippen LogP contribution is -2.37. The van der Waals surface area contributed by atoms with Crippen LogP contribution in [0.1, 0.15) is 0 Å². The summed E-state index contributed by atoms with van der Waals surface area (Å²) >= 11 is 0. The molecule has 0 bridgehead atoms. The van der Waals surface area contributed by atoms with Gasteiger partial charge in [-0.05, 0) is 30.3 Å². The molecule has 3 N–H and O–H groups in total. The fourth-order valence-corrected chi connectivity index (χ4v) is 3.18. The zero-order valence-electron chi connectivity index (χ0n) is 17.7. The third kappa shape index (κ3) is 5.71. The summed E-state index contributed by atoms with van der Waals surface area (Å²) in [4.78, 5) is 26.1. The maximum atomic E-state index is 14.8. The molecule has 2 aromatic rings. The molecule has 0 spiro atoms. The molecule has 1 saturated heterocycles. The van der Waals surface area contributed by atoms with Crippen LogP contribution in [0.3, 0.4) is 0 Å². The predicted molar refractivity (Wildman–Crippen MR) is 114 cm³/mol. The first-order valence-corrected chi connectivity index (χ1v) is 9.80. The van der Waals surface area contributed by atoms with E-state index in [1.54, 1.807) is 25.1 Å². The highest BCUT2D eigenvalue weighted by atomic mass is 19.3. The van der Waals surface area contributed by atoms with Crippen LogP contribution >= 0.6 is 0 Å². The average molecular weight is 470 g/mol. The molecule has 2 atom stereocenters. The van der Waals surface area contributed by atoms with Gasteiger partial charge in [0, 0.05) is 32.0 Å². The van der Waals surface area contributed by atoms with E-state index in [9.17, 15) is 32.3 Å². The number of carbonyl (C=O) groups excluding carboxylic acids is 1. The summed E-state index contributed by atoms with van der Waals surface area (Å²) in [6.07, 6.45) is -5.70. The largest absolute Gasteiger partial charge is 0.378 e. The standard InChI is InChI=1S/C21H22F4N4O4/c1-28(2)11-4-3-5-17(30)16(8-11)27-18-14(22)6-12(7-15(18)23)29-10-13(33-21(29)32)9-26-20(31)19(24)25/h3-8,13,19,21,32H,9-10H2,1-2H3,(H,26,31)(H,27,30)/t13-,21?/m0/s1. The molecule has 8 nitrogen and oxygen atoms in total. The van der Waals surface area contributed by atoms with E-state index < -0.39 is 47.6 Å². The van der Waals surface area contributed by atoms with Crippen LogP contribution in [-0.4, -0.2) is 57.1 Å². The number of alkyl halides is 2. The highest BCUT2D eigenvalue weighted by molar-refractivity contribution is 5.79. The lowest BCUT2D eigenvalue weighted by molar-refractivity contribution is -0.133. The predicted octanol–water partition coefficient (Wildman–Crippen LogP) is 2.00. The van der Waals surface area contributed by atoms with Crippen LogP contribution in [0.25, 0.3) is 0 Å². The average Bonchev–Trinajstić information content (AvgIpc) is 3.01. The van der Waals surface area contributed by atoms with E-state index >= 15 is 0 Å². The van der Waals surface area contributed by atoms with Gasteiger partial charge in [-0.25, -0.2) is 8.78 Å². The van der Waals surface area contributed by atoms with Crippen LogP contribution in [0.4, 0.5) is 40.3 Å². The van der Waals surface area contributed by atoms with Gasteiger partial charge in [0.25, 0.3) is 5.91 Å². The van der Waals surface area contributed by atoms with Crippen LogP contribution in [0.2, 0.25) is 0 Å². The minimum atomic E-state index is -3.20. The SMILES string of the molecule is CN(C)c1cccc(=O)c(Nc2c(F)cc(N3C[C@H](CNC(=O)C(F)F)OC3O)cc2F)c1. The van der Waals surface area contributed by atoms with E-state index in [2.05, 4.69) is 5.32 Å². The number of ether oxygens (including phenoxy) is 1. The summed E-state index contributed by atoms with van der Waals surface area (Å²) in [6, 6.07) is 7.75. The first-order valence-electron chi connectivity index (χ1n) is 9.80. The molecule has 2 aromatic carbocycles. The lowest BCUT2D eigenvalue weighted by Gasteiger charge is -2.21. The minimum Gasteiger partial charge on any atom is -0.378 e. The van der Waals surface area contributed by atoms with Crippen molar-refractivity contribution in [1.82, 2.24) is 5.32 Å². The third-order valence-corrected chi connectivity index (χ3v) is 4.89. The Labute approximate surface area is 186 Å². The number of halogens is 4. The molecular weight excluding hydrogens is 448 g/mol. The molecule has 1 unspecified atom stereocenters. The third-order valence-electron chi connectivity index (χ3n) is 4.89. The van der Waals surface area contributed by atoms with Gasteiger partial charge in [-0.3, -0.25) is 9.59 Å². The highest BCUT2D eigenvalue weighted by Gasteiger charge is 2.33. The second-order valence-corrected chi connectivity index (χ2v) is 7.46. The van der Waals surface area contributed by atoms with Crippen LogP contribution in [0.15, 0.2) is 41.2 Å². The second-order valence-electron chi connectivity index (χ2n) is 7.46. The molecule has 0 radical (unpaired) electrons. The van der Waals surface area contributed by atoms with Gasteiger partial charge in [0.05, 0.1) is 18.3 Å². The summed E-state index contributed by atoms with van der Waals surface area (Å²) in [5, 5.41) is 14.5. The summed E-state index contributed by atoms with van der Waals surface area (Å²) < 4.78 is 59.3. The molecule has 3 rings (SSSR count). The molecule has 12 heteroatoms. The first-order chi connectivity index (χ1) is 15.6. The smallest absolute Gasteiger partial charge is 0.315 e. The molecule has 1 aliphatic rings. The van der Waals surface area contributed by atoms with Gasteiger partial charge in [-0.15, -0.1) is 0 Å². The summed E-state index contributed by atoms with van der Waals surface area (Å²) in [7, 11) is 3.49. The van der Waals surface area contributed by atoms with E-state index in [0.29, 0.717) is 5.69 Å². The summed E-state index contributed by atoms with van der Waals surface area (Å²) in [5.41, 5.74) is -0.557. The number of hydrogen-bond acceptors (Lipinski definition) is 7. The van der Waals surface area contributed by atoms with E-state index in [-0.39, 0.29) is 24.5 Å². The van der Waals surface area contributed by atoms with Gasteiger partial charge >= 0.3 is 6.43 Å². The maximum absolute atomic E-state index is 14.8. The zero-order chi connectivity index (χ0) is 24.3. The van der Waals surface area contributed by atoms with Gasteiger partial charge in [-0.1, -0.05) is 6.07 Å². The fourth-order valence-electron chi connectivity index (χ4n) is 3.18. The number of hydrogen-bond donors (Lipinski definition) is 3. The Morgan fingerprint density at radius 2 is 1.91 bits per heavy atom. The Hall–Kier alpha value is -3.38. The van der Waals surface area contributed by atoms with Gasteiger partial charge in [0.2, 0.25) is 11.8 Å². The lowest BCUT2D eigenvalue weighted by atomic mass is 10.2. The van der Waals surface area contributed by atoms with Crippen molar-refractivity contribution in [3.63, 3.8) is 0 Å². The van der Waals surface area contributed by atoms with Gasteiger partial charge in [-0.2, -0.15) is 8.78 Å². The summed E-state index contributed by atoms with van der Waals surface area (Å²) in [5.74, 6) is -3.57. The van der Waals surface area contributed by atoms with Crippen LogP contribution in [0, 0.1) is 11.6 Å². The molecule has 1 aliphatic heterocycles. The molecule has 0 aliphatic carbocycles. The topological polar surface area (TPSA) is 94.1 Å². The number of aliphatic hydroxyl groups is 1. The molecule has 1 amide bonds. The molecular formula is C21H22F4N4O4. The van der Waals surface area contributed by atoms with Crippen molar-refractivity contribution in [2.24, 2.45) is 0 Å². The Morgan fingerprint density at radius 1 is 1.24 bits per heavy atom. The number of anilines is 4. The minimum absolute atomic E-state index is 0.0476. The maximum Gasteiger partial charge on any atom is 0.315 e. The molecule has 0 saturated carbocycles. The number of nitrogens with one attached hydrogen (secondary N) is 2. The van der Waals surface area contributed by atoms with E-state index in [0.717, 1.165) is 17.0 Å². The van der Waals surface area contributed by atoms with Crippen LogP contribution < -0.4 is 25.9 Å². The number of amides is 1. The molecule has 1 heterocycles. The Morgan fingerprint density at radius 3 is 2.52 bits per heavy atom. The molecule has 0 aromatic heterocycles. The van der Waals surface area contributed by atoms with E-state index in [1.165, 1.54) is 18.2 Å². The molecule has 178 valence electrons. The summed E-state index contributed by atoms with van der Waals surface area (Å²) in [6.45, 7) is -0.450. The number of benzene rings is 1. The molecule has 33 heavy (non-hydrogen) atoms. The Balaban J connectivity index is 1.80. The first kappa shape index (κ1) is 24.3. The van der Waals surface area contributed by atoms with Crippen LogP contribution in [0.5, 0.6) is 0 Å². The van der Waals surface area contributed by atoms with Gasteiger partial charge < -0.3 is 30.3 Å². The number of nitrogens with zero attached hydrogens (tertiary/aromatic N) is 2. The van der Waals surface area contributed by atoms with Gasteiger partial charge in [0.15, 0.2) is 11.6 Å². The van der Waals surface area contributed by atoms with Crippen molar-refractivity contribution in [2.45, 2.75) is 18.9 Å². The fraction of sp³-hybridized carbons (Fsp3) is 0.333. The van der Waals surface area contributed by atoms with Crippen molar-refractivity contribution in [3.05, 3.63) is 58.3 Å². The van der Waals surface area contributed by atoms with E-state index in [4.69, 9.17) is 4.74 Å². The van der Waals surface area contributed by atoms with Crippen LogP contribution in [-0.2, 0) is 9.53 Å². The quantitative estimate of drug-likeness (QED) is 0.533. The van der Waals surface area contributed by atoms with Crippen molar-refractivity contribution < 1.29 is 32.2 Å². The molecule has 1 fully saturated rings. The zero-order valence-corrected chi connectivity index (χ0v) is 17.7. The van der Waals surface area contributed by atoms with Gasteiger partial charge in [0.1, 0.15) is 5.69 Å². The van der Waals surface area contributed by atoms with Crippen molar-refractivity contribution in [1.29, 1.82) is 0 Å². The monoisotopic (exact) mass is 470 g/mol.